The second kappa shape index (κ2) is 7.70. The quantitative estimate of drug-likeness (QED) is 0.906. The van der Waals surface area contributed by atoms with Gasteiger partial charge in [-0.3, -0.25) is 4.79 Å². The van der Waals surface area contributed by atoms with Crippen LogP contribution in [0.2, 0.25) is 0 Å². The van der Waals surface area contributed by atoms with E-state index in [1.165, 1.54) is 0 Å². The van der Waals surface area contributed by atoms with Crippen molar-refractivity contribution in [1.29, 1.82) is 0 Å². The summed E-state index contributed by atoms with van der Waals surface area (Å²) < 4.78 is 7.47. The summed E-state index contributed by atoms with van der Waals surface area (Å²) in [5.74, 6) is 0.730. The van der Waals surface area contributed by atoms with Gasteiger partial charge in [-0.25, -0.2) is 4.68 Å². The van der Waals surface area contributed by atoms with E-state index in [1.54, 1.807) is 16.9 Å². The molecule has 2 heterocycles. The first kappa shape index (κ1) is 17.5. The van der Waals surface area contributed by atoms with E-state index in [0.717, 1.165) is 42.8 Å². The standard InChI is InChI=1S/C19H26N4O2/c1-14-4-5-15(2)18(12-14)25-13-23-11-8-17(21-23)19(24)20-16-6-9-22(3)10-7-16/h4-5,8,11-12,16H,6-7,9-10,13H2,1-3H3,(H,20,24). The molecule has 3 rings (SSSR count). The minimum Gasteiger partial charge on any atom is -0.471 e. The smallest absolute Gasteiger partial charge is 0.271 e. The Morgan fingerprint density at radius 2 is 2.04 bits per heavy atom. The summed E-state index contributed by atoms with van der Waals surface area (Å²) in [6.07, 6.45) is 3.74. The molecule has 1 N–H and O–H groups in total. The molecule has 1 aliphatic rings. The average Bonchev–Trinajstić information content (AvgIpc) is 3.07. The van der Waals surface area contributed by atoms with Crippen LogP contribution in [0, 0.1) is 13.8 Å². The van der Waals surface area contributed by atoms with Crippen LogP contribution in [0.15, 0.2) is 30.5 Å². The van der Waals surface area contributed by atoms with Crippen molar-refractivity contribution in [3.05, 3.63) is 47.3 Å². The minimum absolute atomic E-state index is 0.111. The van der Waals surface area contributed by atoms with Crippen molar-refractivity contribution in [2.45, 2.75) is 39.5 Å². The number of hydrogen-bond donors (Lipinski definition) is 1. The van der Waals surface area contributed by atoms with E-state index >= 15 is 0 Å². The zero-order valence-electron chi connectivity index (χ0n) is 15.2. The van der Waals surface area contributed by atoms with Gasteiger partial charge in [-0.15, -0.1) is 0 Å². The summed E-state index contributed by atoms with van der Waals surface area (Å²) in [5, 5.41) is 7.40. The lowest BCUT2D eigenvalue weighted by Gasteiger charge is -2.29. The monoisotopic (exact) mass is 342 g/mol. The fourth-order valence-corrected chi connectivity index (χ4v) is 2.97. The Kier molecular flexibility index (Phi) is 5.38. The number of rotatable bonds is 5. The zero-order chi connectivity index (χ0) is 17.8. The molecule has 0 aliphatic carbocycles. The Labute approximate surface area is 148 Å². The van der Waals surface area contributed by atoms with Crippen LogP contribution in [0.3, 0.4) is 0 Å². The molecule has 1 fully saturated rings. The lowest BCUT2D eigenvalue weighted by molar-refractivity contribution is 0.0909. The largest absolute Gasteiger partial charge is 0.471 e. The van der Waals surface area contributed by atoms with E-state index in [2.05, 4.69) is 28.4 Å². The van der Waals surface area contributed by atoms with Crippen LogP contribution < -0.4 is 10.1 Å². The average molecular weight is 342 g/mol. The van der Waals surface area contributed by atoms with Gasteiger partial charge in [0, 0.05) is 12.2 Å². The first-order chi connectivity index (χ1) is 12.0. The van der Waals surface area contributed by atoms with E-state index in [9.17, 15) is 4.79 Å². The molecule has 2 aromatic rings. The summed E-state index contributed by atoms with van der Waals surface area (Å²) in [6.45, 7) is 6.36. The van der Waals surface area contributed by atoms with Crippen LogP contribution in [-0.2, 0) is 6.73 Å². The molecule has 6 heteroatoms. The molecule has 0 atom stereocenters. The number of amides is 1. The number of nitrogens with zero attached hydrogens (tertiary/aromatic N) is 3. The predicted octanol–water partition coefficient (Wildman–Crippen LogP) is 2.36. The predicted molar refractivity (Wildman–Crippen MR) is 96.8 cm³/mol. The summed E-state index contributed by atoms with van der Waals surface area (Å²) in [4.78, 5) is 14.6. The third-order valence-electron chi connectivity index (χ3n) is 4.62. The van der Waals surface area contributed by atoms with Crippen LogP contribution in [-0.4, -0.2) is 46.8 Å². The third-order valence-corrected chi connectivity index (χ3v) is 4.62. The molecule has 1 aromatic heterocycles. The molecule has 0 spiro atoms. The molecule has 0 radical (unpaired) electrons. The number of hydrogen-bond acceptors (Lipinski definition) is 4. The molecule has 1 aromatic carbocycles. The van der Waals surface area contributed by atoms with Crippen molar-refractivity contribution in [2.24, 2.45) is 0 Å². The fraction of sp³-hybridized carbons (Fsp3) is 0.474. The van der Waals surface area contributed by atoms with Crippen LogP contribution in [0.5, 0.6) is 5.75 Å². The van der Waals surface area contributed by atoms with Crippen molar-refractivity contribution >= 4 is 5.91 Å². The Hall–Kier alpha value is -2.34. The highest BCUT2D eigenvalue weighted by atomic mass is 16.5. The van der Waals surface area contributed by atoms with Crippen molar-refractivity contribution < 1.29 is 9.53 Å². The maximum absolute atomic E-state index is 12.3. The van der Waals surface area contributed by atoms with E-state index in [0.29, 0.717) is 5.69 Å². The highest BCUT2D eigenvalue weighted by molar-refractivity contribution is 5.92. The molecule has 6 nitrogen and oxygen atoms in total. The van der Waals surface area contributed by atoms with Gasteiger partial charge < -0.3 is 15.0 Å². The number of benzene rings is 1. The summed E-state index contributed by atoms with van der Waals surface area (Å²) >= 11 is 0. The molecule has 1 saturated heterocycles. The number of carbonyl (C=O) groups excluding carboxylic acids is 1. The van der Waals surface area contributed by atoms with Crippen LogP contribution in [0.4, 0.5) is 0 Å². The van der Waals surface area contributed by atoms with Crippen molar-refractivity contribution in [3.8, 4) is 5.75 Å². The lowest BCUT2D eigenvalue weighted by atomic mass is 10.1. The van der Waals surface area contributed by atoms with E-state index < -0.39 is 0 Å². The topological polar surface area (TPSA) is 59.4 Å². The maximum Gasteiger partial charge on any atom is 0.271 e. The highest BCUT2D eigenvalue weighted by Gasteiger charge is 2.20. The van der Waals surface area contributed by atoms with E-state index in [-0.39, 0.29) is 18.7 Å². The number of aromatic nitrogens is 2. The molecule has 1 amide bonds. The molecule has 0 saturated carbocycles. The molecule has 0 unspecified atom stereocenters. The van der Waals surface area contributed by atoms with Crippen molar-refractivity contribution in [2.75, 3.05) is 20.1 Å². The number of nitrogens with one attached hydrogen (secondary N) is 1. The lowest BCUT2D eigenvalue weighted by Crippen LogP contribution is -2.43. The summed E-state index contributed by atoms with van der Waals surface area (Å²) in [6, 6.07) is 8.07. The SMILES string of the molecule is Cc1ccc(C)c(OCn2ccc(C(=O)NC3CCN(C)CC3)n2)c1. The van der Waals surface area contributed by atoms with Crippen LogP contribution in [0.1, 0.15) is 34.5 Å². The van der Waals surface area contributed by atoms with Gasteiger partial charge in [-0.2, -0.15) is 5.10 Å². The number of likely N-dealkylation sites (tertiary alicyclic amines) is 1. The minimum atomic E-state index is -0.111. The van der Waals surface area contributed by atoms with Crippen LogP contribution in [0.25, 0.3) is 0 Å². The Morgan fingerprint density at radius 3 is 2.80 bits per heavy atom. The third kappa shape index (κ3) is 4.60. The van der Waals surface area contributed by atoms with Gasteiger partial charge in [0.15, 0.2) is 6.73 Å². The van der Waals surface area contributed by atoms with Gasteiger partial charge in [0.25, 0.3) is 5.91 Å². The molecule has 1 aliphatic heterocycles. The van der Waals surface area contributed by atoms with E-state index in [4.69, 9.17) is 4.74 Å². The molecule has 134 valence electrons. The fourth-order valence-electron chi connectivity index (χ4n) is 2.97. The molecule has 0 bridgehead atoms. The van der Waals surface area contributed by atoms with Gasteiger partial charge in [-0.05, 0) is 70.1 Å². The molecular formula is C19H26N4O2. The highest BCUT2D eigenvalue weighted by Crippen LogP contribution is 2.19. The van der Waals surface area contributed by atoms with Gasteiger partial charge >= 0.3 is 0 Å². The van der Waals surface area contributed by atoms with E-state index in [1.807, 2.05) is 26.0 Å². The molecular weight excluding hydrogens is 316 g/mol. The molecule has 25 heavy (non-hydrogen) atoms. The first-order valence-corrected chi connectivity index (χ1v) is 8.74. The Balaban J connectivity index is 1.55. The van der Waals surface area contributed by atoms with Gasteiger partial charge in [-0.1, -0.05) is 12.1 Å². The van der Waals surface area contributed by atoms with Crippen molar-refractivity contribution in [3.63, 3.8) is 0 Å². The summed E-state index contributed by atoms with van der Waals surface area (Å²) in [7, 11) is 2.11. The van der Waals surface area contributed by atoms with Gasteiger partial charge in [0.1, 0.15) is 11.4 Å². The first-order valence-electron chi connectivity index (χ1n) is 8.74. The zero-order valence-corrected chi connectivity index (χ0v) is 15.2. The Morgan fingerprint density at radius 1 is 1.28 bits per heavy atom. The second-order valence-corrected chi connectivity index (χ2v) is 6.83. The number of piperidine rings is 1. The number of aryl methyl sites for hydroxylation is 2. The van der Waals surface area contributed by atoms with Gasteiger partial charge in [0.2, 0.25) is 0 Å². The van der Waals surface area contributed by atoms with Crippen LogP contribution >= 0.6 is 0 Å². The second-order valence-electron chi connectivity index (χ2n) is 6.83. The van der Waals surface area contributed by atoms with Gasteiger partial charge in [0.05, 0.1) is 0 Å². The maximum atomic E-state index is 12.3. The normalized spacial score (nSPS) is 16.0. The van der Waals surface area contributed by atoms with Crippen molar-refractivity contribution in [1.82, 2.24) is 20.0 Å². The Bertz CT molecular complexity index is 733. The summed E-state index contributed by atoms with van der Waals surface area (Å²) in [5.41, 5.74) is 2.67. The number of carbonyl (C=O) groups is 1. The number of ether oxygens (including phenoxy) is 1.